The second-order valence-corrected chi connectivity index (χ2v) is 12.2. The van der Waals surface area contributed by atoms with Gasteiger partial charge in [0, 0.05) is 27.6 Å². The number of carbonyl (C=O) groups is 1. The first-order valence-electron chi connectivity index (χ1n) is 14.0. The lowest BCUT2D eigenvalue weighted by atomic mass is 9.81. The van der Waals surface area contributed by atoms with Gasteiger partial charge in [0.15, 0.2) is 5.78 Å². The van der Waals surface area contributed by atoms with Crippen LogP contribution in [-0.4, -0.2) is 27.7 Å². The van der Waals surface area contributed by atoms with Gasteiger partial charge in [-0.2, -0.15) is 0 Å². The molecule has 194 valence electrons. The summed E-state index contributed by atoms with van der Waals surface area (Å²) in [6, 6.07) is 10.7. The van der Waals surface area contributed by atoms with E-state index in [2.05, 4.69) is 47.7 Å². The minimum Gasteiger partial charge on any atom is -0.491 e. The second kappa shape index (κ2) is 9.19. The number of hydrogen-bond donors (Lipinski definition) is 0. The average Bonchev–Trinajstić information content (AvgIpc) is 3.36. The Hall–Kier alpha value is -3.25. The zero-order valence-electron chi connectivity index (χ0n) is 22.4. The van der Waals surface area contributed by atoms with Crippen LogP contribution in [0.5, 0.6) is 5.75 Å². The molecule has 1 saturated carbocycles. The van der Waals surface area contributed by atoms with Crippen LogP contribution in [-0.2, 0) is 13.0 Å². The number of fused-ring (bicyclic) bond motifs is 7. The molecule has 1 fully saturated rings. The quantitative estimate of drug-likeness (QED) is 0.255. The van der Waals surface area contributed by atoms with Crippen LogP contribution in [0.15, 0.2) is 35.3 Å². The standard InChI is InChI=1S/C32H33N3O2S/c1-18-32(38-20(3)33-18)27-14-11-23-26(34-27)13-12-25-30-29(21-7-5-4-6-8-21)24-10-9-22(19(2)36)17-28(24)35(30)15-16-37-31(23)25/h9-10,12-13,17,21H,4-8,11,14-16H2,1-3H3. The lowest BCUT2D eigenvalue weighted by Crippen LogP contribution is -2.10. The molecule has 6 heteroatoms. The number of aromatic nitrogens is 2. The summed E-state index contributed by atoms with van der Waals surface area (Å²) in [5.41, 5.74) is 10.4. The van der Waals surface area contributed by atoms with Crippen molar-refractivity contribution in [3.05, 3.63) is 62.6 Å². The molecule has 0 atom stereocenters. The number of rotatable bonds is 3. The van der Waals surface area contributed by atoms with E-state index in [0.717, 1.165) is 52.8 Å². The number of ketones is 1. The van der Waals surface area contributed by atoms with Crippen LogP contribution in [0.1, 0.15) is 88.4 Å². The predicted molar refractivity (Wildman–Crippen MR) is 155 cm³/mol. The summed E-state index contributed by atoms with van der Waals surface area (Å²) in [6.45, 7) is 7.19. The van der Waals surface area contributed by atoms with Gasteiger partial charge in [-0.05, 0) is 76.1 Å². The van der Waals surface area contributed by atoms with Gasteiger partial charge in [-0.1, -0.05) is 31.4 Å². The van der Waals surface area contributed by atoms with Crippen molar-refractivity contribution >= 4 is 39.4 Å². The number of ether oxygens (including phenoxy) is 1. The van der Waals surface area contributed by atoms with E-state index in [0.29, 0.717) is 12.5 Å². The third-order valence-corrected chi connectivity index (χ3v) is 9.73. The fourth-order valence-corrected chi connectivity index (χ4v) is 7.82. The van der Waals surface area contributed by atoms with Crippen LogP contribution in [0.25, 0.3) is 22.2 Å². The Labute approximate surface area is 227 Å². The highest BCUT2D eigenvalue weighted by molar-refractivity contribution is 7.13. The van der Waals surface area contributed by atoms with Gasteiger partial charge in [-0.25, -0.2) is 4.98 Å². The first-order chi connectivity index (χ1) is 18.5. The zero-order valence-corrected chi connectivity index (χ0v) is 23.2. The fraction of sp³-hybridized carbons (Fsp3) is 0.406. The minimum atomic E-state index is 0.112. The van der Waals surface area contributed by atoms with Crippen LogP contribution in [0.2, 0.25) is 0 Å². The Morgan fingerprint density at radius 3 is 2.68 bits per heavy atom. The van der Waals surface area contributed by atoms with E-state index in [-0.39, 0.29) is 5.78 Å². The van der Waals surface area contributed by atoms with Crippen molar-refractivity contribution in [2.75, 3.05) is 6.61 Å². The van der Waals surface area contributed by atoms with Crippen molar-refractivity contribution in [2.24, 2.45) is 4.99 Å². The topological polar surface area (TPSA) is 56.5 Å². The van der Waals surface area contributed by atoms with Crippen LogP contribution in [0.4, 0.5) is 5.69 Å². The van der Waals surface area contributed by atoms with Gasteiger partial charge in [0.05, 0.1) is 39.2 Å². The summed E-state index contributed by atoms with van der Waals surface area (Å²) < 4.78 is 8.99. The Kier molecular flexibility index (Phi) is 5.77. The number of nitrogens with zero attached hydrogens (tertiary/aromatic N) is 3. The molecule has 7 rings (SSSR count). The second-order valence-electron chi connectivity index (χ2n) is 11.0. The highest BCUT2D eigenvalue weighted by Gasteiger charge is 2.32. The molecular weight excluding hydrogens is 490 g/mol. The van der Waals surface area contributed by atoms with E-state index in [1.165, 1.54) is 70.3 Å². The number of thiazole rings is 1. The molecule has 0 spiro atoms. The molecule has 0 saturated heterocycles. The van der Waals surface area contributed by atoms with Crippen molar-refractivity contribution in [1.82, 2.24) is 9.55 Å². The van der Waals surface area contributed by atoms with E-state index in [1.807, 2.05) is 6.07 Å². The number of Topliss-reactive ketones (excluding diaryl/α,β-unsaturated/α-hetero) is 1. The van der Waals surface area contributed by atoms with Gasteiger partial charge in [-0.3, -0.25) is 9.79 Å². The summed E-state index contributed by atoms with van der Waals surface area (Å²) in [4.78, 5) is 23.3. The summed E-state index contributed by atoms with van der Waals surface area (Å²) in [5.74, 6) is 1.66. The zero-order chi connectivity index (χ0) is 26.0. The largest absolute Gasteiger partial charge is 0.491 e. The predicted octanol–water partition coefficient (Wildman–Crippen LogP) is 8.09. The molecule has 0 bridgehead atoms. The maximum Gasteiger partial charge on any atom is 0.159 e. The molecule has 4 aromatic rings. The highest BCUT2D eigenvalue weighted by atomic mass is 32.1. The molecule has 2 aliphatic heterocycles. The highest BCUT2D eigenvalue weighted by Crippen LogP contribution is 2.50. The Morgan fingerprint density at radius 1 is 1.08 bits per heavy atom. The lowest BCUT2D eigenvalue weighted by molar-refractivity contribution is 0.101. The number of aryl methyl sites for hydroxylation is 2. The van der Waals surface area contributed by atoms with E-state index in [4.69, 9.17) is 9.73 Å². The summed E-state index contributed by atoms with van der Waals surface area (Å²) in [6.07, 6.45) is 8.15. The molecule has 5 nitrogen and oxygen atoms in total. The van der Waals surface area contributed by atoms with Crippen molar-refractivity contribution < 1.29 is 9.53 Å². The molecule has 0 amide bonds. The molecule has 2 aromatic carbocycles. The van der Waals surface area contributed by atoms with Gasteiger partial charge in [0.1, 0.15) is 12.4 Å². The third-order valence-electron chi connectivity index (χ3n) is 8.61. The maximum atomic E-state index is 12.3. The molecular formula is C32H33N3O2S. The summed E-state index contributed by atoms with van der Waals surface area (Å²) in [5, 5.41) is 2.39. The van der Waals surface area contributed by atoms with Gasteiger partial charge in [0.2, 0.25) is 0 Å². The first kappa shape index (κ1) is 23.8. The molecule has 2 aromatic heterocycles. The van der Waals surface area contributed by atoms with Crippen LogP contribution in [0.3, 0.4) is 0 Å². The van der Waals surface area contributed by atoms with Crippen LogP contribution >= 0.6 is 11.3 Å². The van der Waals surface area contributed by atoms with Gasteiger partial charge in [-0.15, -0.1) is 11.3 Å². The van der Waals surface area contributed by atoms with E-state index in [9.17, 15) is 4.79 Å². The normalized spacial score (nSPS) is 17.3. The molecule has 38 heavy (non-hydrogen) atoms. The Bertz CT molecular complexity index is 1630. The first-order valence-corrected chi connectivity index (χ1v) is 14.8. The molecule has 0 N–H and O–H groups in total. The van der Waals surface area contributed by atoms with Gasteiger partial charge < -0.3 is 9.30 Å². The van der Waals surface area contributed by atoms with E-state index < -0.39 is 0 Å². The SMILES string of the molecule is CC(=O)c1ccc2c(C3CCCCC3)c3n(c2c1)CCOc1c-3ccc2c1CCC(c1sc(C)nc1C)=N2. The summed E-state index contributed by atoms with van der Waals surface area (Å²) >= 11 is 1.74. The van der Waals surface area contributed by atoms with Gasteiger partial charge in [0.25, 0.3) is 0 Å². The molecule has 1 aliphatic carbocycles. The summed E-state index contributed by atoms with van der Waals surface area (Å²) in [7, 11) is 0. The van der Waals surface area contributed by atoms with Gasteiger partial charge >= 0.3 is 0 Å². The van der Waals surface area contributed by atoms with Crippen molar-refractivity contribution in [2.45, 2.75) is 78.2 Å². The average molecular weight is 524 g/mol. The van der Waals surface area contributed by atoms with Crippen molar-refractivity contribution in [3.63, 3.8) is 0 Å². The number of hydrogen-bond acceptors (Lipinski definition) is 5. The smallest absolute Gasteiger partial charge is 0.159 e. The monoisotopic (exact) mass is 523 g/mol. The Morgan fingerprint density at radius 2 is 1.92 bits per heavy atom. The number of benzene rings is 2. The molecule has 0 radical (unpaired) electrons. The number of aliphatic imine (C=N–C) groups is 1. The lowest BCUT2D eigenvalue weighted by Gasteiger charge is -2.24. The van der Waals surface area contributed by atoms with Crippen LogP contribution in [0, 0.1) is 13.8 Å². The van der Waals surface area contributed by atoms with Crippen molar-refractivity contribution in [3.8, 4) is 17.0 Å². The minimum absolute atomic E-state index is 0.112. The third kappa shape index (κ3) is 3.76. The molecule has 3 aliphatic rings. The Balaban J connectivity index is 1.43. The van der Waals surface area contributed by atoms with Crippen LogP contribution < -0.4 is 4.74 Å². The molecule has 0 unspecified atom stereocenters. The van der Waals surface area contributed by atoms with E-state index in [1.54, 1.807) is 18.3 Å². The molecule has 4 heterocycles. The van der Waals surface area contributed by atoms with Crippen molar-refractivity contribution in [1.29, 1.82) is 0 Å². The fourth-order valence-electron chi connectivity index (χ4n) is 6.88. The number of carbonyl (C=O) groups excluding carboxylic acids is 1. The van der Waals surface area contributed by atoms with E-state index >= 15 is 0 Å². The maximum absolute atomic E-state index is 12.3.